The minimum Gasteiger partial charge on any atom is -0.508 e. The van der Waals surface area contributed by atoms with Crippen molar-refractivity contribution in [2.24, 2.45) is 0 Å². The smallest absolute Gasteiger partial charge is 0.120 e. The Morgan fingerprint density at radius 1 is 1.46 bits per heavy atom. The van der Waals surface area contributed by atoms with Crippen molar-refractivity contribution < 1.29 is 9.50 Å². The van der Waals surface area contributed by atoms with Gasteiger partial charge in [0.1, 0.15) is 11.9 Å². The third kappa shape index (κ3) is 1.59. The van der Waals surface area contributed by atoms with E-state index in [0.717, 1.165) is 11.3 Å². The number of anilines is 1. The zero-order valence-electron chi connectivity index (χ0n) is 7.26. The summed E-state index contributed by atoms with van der Waals surface area (Å²) >= 11 is 0. The van der Waals surface area contributed by atoms with Gasteiger partial charge in [-0.2, -0.15) is 0 Å². The molecule has 1 unspecified atom stereocenters. The number of phenolic OH excluding ortho intramolecular Hbond substituents is 1. The third-order valence-corrected chi connectivity index (χ3v) is 2.37. The van der Waals surface area contributed by atoms with Gasteiger partial charge < -0.3 is 10.4 Å². The number of nitrogens with one attached hydrogen (secondary N) is 1. The summed E-state index contributed by atoms with van der Waals surface area (Å²) in [5.41, 5.74) is 1.70. The standard InChI is InChI=1S/C10H12FNO/c11-7-4-5-8-9(12-6-7)2-1-3-10(8)13/h1-3,7,12-13H,4-6H2. The molecule has 0 amide bonds. The second kappa shape index (κ2) is 3.24. The first-order chi connectivity index (χ1) is 6.27. The van der Waals surface area contributed by atoms with E-state index < -0.39 is 6.17 Å². The first kappa shape index (κ1) is 8.35. The lowest BCUT2D eigenvalue weighted by Crippen LogP contribution is -2.12. The van der Waals surface area contributed by atoms with Gasteiger partial charge in [-0.15, -0.1) is 0 Å². The van der Waals surface area contributed by atoms with Gasteiger partial charge in [-0.25, -0.2) is 4.39 Å². The first-order valence-corrected chi connectivity index (χ1v) is 4.46. The van der Waals surface area contributed by atoms with Crippen LogP contribution in [0.5, 0.6) is 5.75 Å². The van der Waals surface area contributed by atoms with Crippen LogP contribution < -0.4 is 5.32 Å². The fraction of sp³-hybridized carbons (Fsp3) is 0.400. The number of rotatable bonds is 0. The molecule has 2 nitrogen and oxygen atoms in total. The van der Waals surface area contributed by atoms with Gasteiger partial charge in [-0.05, 0) is 25.0 Å². The molecule has 2 N–H and O–H groups in total. The Labute approximate surface area is 76.4 Å². The molecule has 2 rings (SSSR count). The predicted molar refractivity (Wildman–Crippen MR) is 49.8 cm³/mol. The summed E-state index contributed by atoms with van der Waals surface area (Å²) in [6.07, 6.45) is 0.278. The normalized spacial score (nSPS) is 21.5. The molecule has 0 aromatic heterocycles. The number of alkyl halides is 1. The molecule has 0 saturated heterocycles. The highest BCUT2D eigenvalue weighted by Crippen LogP contribution is 2.29. The molecule has 0 fully saturated rings. The van der Waals surface area contributed by atoms with Crippen LogP contribution in [0.1, 0.15) is 12.0 Å². The molecule has 1 aromatic carbocycles. The summed E-state index contributed by atoms with van der Waals surface area (Å²) in [6.45, 7) is 0.344. The van der Waals surface area contributed by atoms with Gasteiger partial charge >= 0.3 is 0 Å². The van der Waals surface area contributed by atoms with Crippen LogP contribution in [0.4, 0.5) is 10.1 Å². The Morgan fingerprint density at radius 3 is 3.15 bits per heavy atom. The minimum absolute atomic E-state index is 0.263. The summed E-state index contributed by atoms with van der Waals surface area (Å²) in [7, 11) is 0. The van der Waals surface area contributed by atoms with Crippen LogP contribution in [-0.4, -0.2) is 17.8 Å². The highest BCUT2D eigenvalue weighted by molar-refractivity contribution is 5.57. The zero-order chi connectivity index (χ0) is 9.26. The van der Waals surface area contributed by atoms with Crippen LogP contribution in [0.2, 0.25) is 0 Å². The number of hydrogen-bond donors (Lipinski definition) is 2. The first-order valence-electron chi connectivity index (χ1n) is 4.46. The SMILES string of the molecule is Oc1cccc2c1CCC(F)CN2. The lowest BCUT2D eigenvalue weighted by atomic mass is 10.1. The molecule has 0 aliphatic carbocycles. The van der Waals surface area contributed by atoms with Gasteiger partial charge in [0.05, 0.1) is 0 Å². The number of aromatic hydroxyl groups is 1. The van der Waals surface area contributed by atoms with Crippen molar-refractivity contribution in [3.05, 3.63) is 23.8 Å². The summed E-state index contributed by atoms with van der Waals surface area (Å²) in [4.78, 5) is 0. The molecule has 0 saturated carbocycles. The van der Waals surface area contributed by atoms with Gasteiger partial charge in [-0.1, -0.05) is 6.07 Å². The maximum Gasteiger partial charge on any atom is 0.120 e. The van der Waals surface area contributed by atoms with E-state index in [1.165, 1.54) is 0 Å². The van der Waals surface area contributed by atoms with E-state index in [9.17, 15) is 9.50 Å². The van der Waals surface area contributed by atoms with Crippen molar-refractivity contribution >= 4 is 5.69 Å². The summed E-state index contributed by atoms with van der Waals surface area (Å²) in [5, 5.41) is 12.5. The lowest BCUT2D eigenvalue weighted by Gasteiger charge is -2.07. The number of halogens is 1. The van der Waals surface area contributed by atoms with E-state index in [0.29, 0.717) is 19.4 Å². The summed E-state index contributed by atoms with van der Waals surface area (Å²) < 4.78 is 13.0. The van der Waals surface area contributed by atoms with Crippen LogP contribution in [0.3, 0.4) is 0 Å². The van der Waals surface area contributed by atoms with Crippen molar-refractivity contribution in [2.45, 2.75) is 19.0 Å². The molecule has 1 heterocycles. The number of fused-ring (bicyclic) bond motifs is 1. The highest BCUT2D eigenvalue weighted by atomic mass is 19.1. The van der Waals surface area contributed by atoms with Gasteiger partial charge in [-0.3, -0.25) is 0 Å². The molecule has 1 aliphatic heterocycles. The zero-order valence-corrected chi connectivity index (χ0v) is 7.26. The molecule has 13 heavy (non-hydrogen) atoms. The number of hydrogen-bond acceptors (Lipinski definition) is 2. The largest absolute Gasteiger partial charge is 0.508 e. The van der Waals surface area contributed by atoms with Crippen molar-refractivity contribution in [1.29, 1.82) is 0 Å². The second-order valence-electron chi connectivity index (χ2n) is 3.32. The van der Waals surface area contributed by atoms with Crippen LogP contribution >= 0.6 is 0 Å². The fourth-order valence-electron chi connectivity index (χ4n) is 1.63. The third-order valence-electron chi connectivity index (χ3n) is 2.37. The Hall–Kier alpha value is -1.25. The molecule has 70 valence electrons. The molecule has 0 bridgehead atoms. The average Bonchev–Trinajstić information content (AvgIpc) is 2.30. The maximum atomic E-state index is 13.0. The van der Waals surface area contributed by atoms with Crippen LogP contribution in [0.25, 0.3) is 0 Å². The van der Waals surface area contributed by atoms with E-state index in [2.05, 4.69) is 5.32 Å². The van der Waals surface area contributed by atoms with E-state index in [1.54, 1.807) is 12.1 Å². The molecule has 0 radical (unpaired) electrons. The van der Waals surface area contributed by atoms with E-state index in [-0.39, 0.29) is 5.75 Å². The maximum absolute atomic E-state index is 13.0. The molecular weight excluding hydrogens is 169 g/mol. The second-order valence-corrected chi connectivity index (χ2v) is 3.32. The average molecular weight is 181 g/mol. The summed E-state index contributed by atoms with van der Waals surface area (Å²) in [5.74, 6) is 0.263. The highest BCUT2D eigenvalue weighted by Gasteiger charge is 2.16. The fourth-order valence-corrected chi connectivity index (χ4v) is 1.63. The van der Waals surface area contributed by atoms with Crippen LogP contribution in [0.15, 0.2) is 18.2 Å². The quantitative estimate of drug-likeness (QED) is 0.642. The van der Waals surface area contributed by atoms with Crippen molar-refractivity contribution in [2.75, 3.05) is 11.9 Å². The van der Waals surface area contributed by atoms with Gasteiger partial charge in [0.2, 0.25) is 0 Å². The van der Waals surface area contributed by atoms with Crippen molar-refractivity contribution in [3.63, 3.8) is 0 Å². The van der Waals surface area contributed by atoms with Crippen LogP contribution in [-0.2, 0) is 6.42 Å². The molecule has 1 aromatic rings. The van der Waals surface area contributed by atoms with Crippen LogP contribution in [0, 0.1) is 0 Å². The van der Waals surface area contributed by atoms with Gasteiger partial charge in [0, 0.05) is 17.8 Å². The minimum atomic E-state index is -0.813. The Bertz CT molecular complexity index is 314. The van der Waals surface area contributed by atoms with E-state index in [1.807, 2.05) is 6.07 Å². The van der Waals surface area contributed by atoms with Gasteiger partial charge in [0.25, 0.3) is 0 Å². The van der Waals surface area contributed by atoms with Gasteiger partial charge in [0.15, 0.2) is 0 Å². The Kier molecular flexibility index (Phi) is 2.08. The molecule has 1 atom stereocenters. The summed E-state index contributed by atoms with van der Waals surface area (Å²) in [6, 6.07) is 5.27. The Balaban J connectivity index is 2.35. The number of phenols is 1. The monoisotopic (exact) mass is 181 g/mol. The van der Waals surface area contributed by atoms with Crippen molar-refractivity contribution in [1.82, 2.24) is 0 Å². The topological polar surface area (TPSA) is 32.3 Å². The van der Waals surface area contributed by atoms with E-state index >= 15 is 0 Å². The molecule has 0 spiro atoms. The van der Waals surface area contributed by atoms with Crippen molar-refractivity contribution in [3.8, 4) is 5.75 Å². The number of benzene rings is 1. The molecule has 3 heteroatoms. The lowest BCUT2D eigenvalue weighted by molar-refractivity contribution is 0.332. The Morgan fingerprint density at radius 2 is 2.31 bits per heavy atom. The predicted octanol–water partition coefficient (Wildman–Crippen LogP) is 2.09. The molecule has 1 aliphatic rings. The van der Waals surface area contributed by atoms with E-state index in [4.69, 9.17) is 0 Å². The molecular formula is C10H12FNO.